The van der Waals surface area contributed by atoms with Gasteiger partial charge in [0.2, 0.25) is 0 Å². The van der Waals surface area contributed by atoms with Gasteiger partial charge in [-0.15, -0.1) is 0 Å². The van der Waals surface area contributed by atoms with Gasteiger partial charge in [0, 0.05) is 6.08 Å². The average Bonchev–Trinajstić information content (AvgIpc) is 2.66. The van der Waals surface area contributed by atoms with E-state index in [1.165, 1.54) is 42.8 Å². The Kier molecular flexibility index (Phi) is 7.11. The zero-order chi connectivity index (χ0) is 19.8. The number of halogens is 1. The van der Waals surface area contributed by atoms with Crippen molar-refractivity contribution in [3.8, 4) is 5.75 Å². The van der Waals surface area contributed by atoms with Crippen molar-refractivity contribution in [3.05, 3.63) is 71.6 Å². The molecule has 0 heterocycles. The Balaban J connectivity index is 1.79. The summed E-state index contributed by atoms with van der Waals surface area (Å²) in [5.41, 5.74) is 6.68. The molecule has 2 amide bonds. The number of ether oxygens (including phenoxy) is 1. The fourth-order valence-electron chi connectivity index (χ4n) is 2.20. The molecule has 0 spiro atoms. The van der Waals surface area contributed by atoms with Crippen LogP contribution in [0.2, 0.25) is 0 Å². The van der Waals surface area contributed by atoms with E-state index in [9.17, 15) is 14.0 Å². The van der Waals surface area contributed by atoms with E-state index in [2.05, 4.69) is 24.7 Å². The van der Waals surface area contributed by atoms with Crippen LogP contribution in [0.25, 0.3) is 6.08 Å². The van der Waals surface area contributed by atoms with Crippen LogP contribution in [-0.4, -0.2) is 17.9 Å². The Hall–Kier alpha value is -3.15. The van der Waals surface area contributed by atoms with Crippen LogP contribution in [0.1, 0.15) is 37.8 Å². The highest BCUT2D eigenvalue weighted by Gasteiger charge is 2.14. The van der Waals surface area contributed by atoms with Gasteiger partial charge in [-0.25, -0.2) is 4.39 Å². The molecule has 2 aromatic carbocycles. The molecule has 27 heavy (non-hydrogen) atoms. The first-order valence-corrected chi connectivity index (χ1v) is 8.65. The van der Waals surface area contributed by atoms with Crippen LogP contribution in [0, 0.1) is 5.82 Å². The van der Waals surface area contributed by atoms with Crippen molar-refractivity contribution in [2.75, 3.05) is 0 Å². The van der Waals surface area contributed by atoms with Gasteiger partial charge in [0.15, 0.2) is 6.10 Å². The van der Waals surface area contributed by atoms with E-state index in [4.69, 9.17) is 4.74 Å². The minimum Gasteiger partial charge on any atom is -0.481 e. The van der Waals surface area contributed by atoms with Crippen LogP contribution in [-0.2, 0) is 9.59 Å². The molecule has 0 saturated heterocycles. The molecule has 0 fully saturated rings. The fraction of sp³-hybridized carbons (Fsp3) is 0.238. The molecule has 0 aliphatic carbocycles. The molecule has 1 atom stereocenters. The summed E-state index contributed by atoms with van der Waals surface area (Å²) in [4.78, 5) is 23.8. The lowest BCUT2D eigenvalue weighted by molar-refractivity contribution is -0.131. The maximum atomic E-state index is 12.9. The molecular weight excluding hydrogens is 347 g/mol. The number of hydrogen-bond acceptors (Lipinski definition) is 3. The molecule has 142 valence electrons. The topological polar surface area (TPSA) is 67.4 Å². The van der Waals surface area contributed by atoms with Crippen molar-refractivity contribution in [1.29, 1.82) is 0 Å². The monoisotopic (exact) mass is 370 g/mol. The molecule has 0 aliphatic heterocycles. The number of hydrogen-bond donors (Lipinski definition) is 2. The summed E-state index contributed by atoms with van der Waals surface area (Å²) >= 11 is 0. The smallest absolute Gasteiger partial charge is 0.279 e. The fourth-order valence-corrected chi connectivity index (χ4v) is 2.20. The molecular formula is C21H23FN2O3. The normalized spacial score (nSPS) is 12.0. The van der Waals surface area contributed by atoms with Gasteiger partial charge >= 0.3 is 0 Å². The van der Waals surface area contributed by atoms with E-state index in [0.29, 0.717) is 11.7 Å². The van der Waals surface area contributed by atoms with E-state index in [-0.39, 0.29) is 0 Å². The molecule has 0 aliphatic rings. The van der Waals surface area contributed by atoms with Gasteiger partial charge in [-0.3, -0.25) is 20.4 Å². The Morgan fingerprint density at radius 1 is 0.963 bits per heavy atom. The van der Waals surface area contributed by atoms with E-state index in [1.54, 1.807) is 6.08 Å². The van der Waals surface area contributed by atoms with Gasteiger partial charge in [0.25, 0.3) is 11.8 Å². The van der Waals surface area contributed by atoms with E-state index < -0.39 is 23.7 Å². The lowest BCUT2D eigenvalue weighted by Gasteiger charge is -2.14. The summed E-state index contributed by atoms with van der Waals surface area (Å²) in [6.07, 6.45) is 2.13. The summed E-state index contributed by atoms with van der Waals surface area (Å²) in [5.74, 6) is -0.583. The van der Waals surface area contributed by atoms with Crippen molar-refractivity contribution >= 4 is 17.9 Å². The van der Waals surface area contributed by atoms with Gasteiger partial charge in [-0.1, -0.05) is 38.1 Å². The number of carbonyl (C=O) groups is 2. The largest absolute Gasteiger partial charge is 0.481 e. The molecule has 0 saturated carbocycles. The predicted molar refractivity (Wildman–Crippen MR) is 102 cm³/mol. The van der Waals surface area contributed by atoms with E-state index in [1.807, 2.05) is 24.3 Å². The maximum absolute atomic E-state index is 12.9. The van der Waals surface area contributed by atoms with Gasteiger partial charge < -0.3 is 4.74 Å². The average molecular weight is 370 g/mol. The molecule has 0 unspecified atom stereocenters. The second kappa shape index (κ2) is 9.52. The van der Waals surface area contributed by atoms with Gasteiger partial charge in [-0.2, -0.15) is 0 Å². The van der Waals surface area contributed by atoms with Crippen LogP contribution in [0.15, 0.2) is 54.6 Å². The third-order valence-electron chi connectivity index (χ3n) is 3.83. The SMILES string of the molecule is CC(C)c1ccc(/C=C/C(=O)NNC(=O)[C@H](C)Oc2ccc(F)cc2)cc1. The first-order chi connectivity index (χ1) is 12.8. The van der Waals surface area contributed by atoms with Crippen molar-refractivity contribution in [2.24, 2.45) is 0 Å². The number of benzene rings is 2. The van der Waals surface area contributed by atoms with Crippen molar-refractivity contribution in [2.45, 2.75) is 32.8 Å². The number of rotatable bonds is 6. The minimum atomic E-state index is -0.858. The molecule has 0 radical (unpaired) electrons. The van der Waals surface area contributed by atoms with Crippen LogP contribution in [0.5, 0.6) is 5.75 Å². The zero-order valence-corrected chi connectivity index (χ0v) is 15.5. The molecule has 0 aromatic heterocycles. The Morgan fingerprint density at radius 3 is 2.19 bits per heavy atom. The van der Waals surface area contributed by atoms with Crippen molar-refractivity contribution in [3.63, 3.8) is 0 Å². The predicted octanol–water partition coefficient (Wildman–Crippen LogP) is 3.58. The Bertz CT molecular complexity index is 799. The highest BCUT2D eigenvalue weighted by atomic mass is 19.1. The molecule has 0 bridgehead atoms. The Labute approximate surface area is 158 Å². The van der Waals surface area contributed by atoms with Crippen LogP contribution >= 0.6 is 0 Å². The lowest BCUT2D eigenvalue weighted by Crippen LogP contribution is -2.46. The lowest BCUT2D eigenvalue weighted by atomic mass is 10.0. The summed E-state index contributed by atoms with van der Waals surface area (Å²) in [7, 11) is 0. The molecule has 2 N–H and O–H groups in total. The third-order valence-corrected chi connectivity index (χ3v) is 3.83. The van der Waals surface area contributed by atoms with Gasteiger partial charge in [0.1, 0.15) is 11.6 Å². The summed E-state index contributed by atoms with van der Waals surface area (Å²) in [6.45, 7) is 5.75. The highest BCUT2D eigenvalue weighted by Crippen LogP contribution is 2.15. The van der Waals surface area contributed by atoms with Crippen molar-refractivity contribution in [1.82, 2.24) is 10.9 Å². The summed E-state index contributed by atoms with van der Waals surface area (Å²) in [6, 6.07) is 13.2. The second-order valence-corrected chi connectivity index (χ2v) is 6.35. The van der Waals surface area contributed by atoms with Crippen LogP contribution < -0.4 is 15.6 Å². The highest BCUT2D eigenvalue weighted by molar-refractivity contribution is 5.93. The quantitative estimate of drug-likeness (QED) is 0.603. The third kappa shape index (κ3) is 6.58. The molecule has 6 heteroatoms. The van der Waals surface area contributed by atoms with E-state index in [0.717, 1.165) is 5.56 Å². The second-order valence-electron chi connectivity index (χ2n) is 6.35. The summed E-state index contributed by atoms with van der Waals surface area (Å²) < 4.78 is 18.2. The van der Waals surface area contributed by atoms with Crippen LogP contribution in [0.4, 0.5) is 4.39 Å². The van der Waals surface area contributed by atoms with Gasteiger partial charge in [-0.05, 0) is 54.3 Å². The van der Waals surface area contributed by atoms with Gasteiger partial charge in [0.05, 0.1) is 0 Å². The van der Waals surface area contributed by atoms with E-state index >= 15 is 0 Å². The number of nitrogens with one attached hydrogen (secondary N) is 2. The maximum Gasteiger partial charge on any atom is 0.279 e. The first kappa shape index (κ1) is 20.2. The standard InChI is InChI=1S/C21H23FN2O3/c1-14(2)17-7-4-16(5-8-17)6-13-20(25)23-24-21(26)15(3)27-19-11-9-18(22)10-12-19/h4-15H,1-3H3,(H,23,25)(H,24,26)/b13-6+/t15-/m0/s1. The number of amides is 2. The number of hydrazine groups is 1. The summed E-state index contributed by atoms with van der Waals surface area (Å²) in [5, 5.41) is 0. The zero-order valence-electron chi connectivity index (χ0n) is 15.5. The molecule has 2 aromatic rings. The number of carbonyl (C=O) groups excluding carboxylic acids is 2. The molecule has 5 nitrogen and oxygen atoms in total. The Morgan fingerprint density at radius 2 is 1.59 bits per heavy atom. The van der Waals surface area contributed by atoms with Crippen molar-refractivity contribution < 1.29 is 18.7 Å². The molecule has 2 rings (SSSR count). The first-order valence-electron chi connectivity index (χ1n) is 8.65. The minimum absolute atomic E-state index is 0.357. The van der Waals surface area contributed by atoms with Crippen LogP contribution in [0.3, 0.4) is 0 Å².